The van der Waals surface area contributed by atoms with Gasteiger partial charge < -0.3 is 4.90 Å². The molecule has 7 heteroatoms. The van der Waals surface area contributed by atoms with Gasteiger partial charge in [-0.15, -0.1) is 0 Å². The second-order valence-corrected chi connectivity index (χ2v) is 7.43. The van der Waals surface area contributed by atoms with E-state index in [0.717, 1.165) is 18.7 Å². The van der Waals surface area contributed by atoms with Crippen LogP contribution in [-0.4, -0.2) is 50.3 Å². The number of amides is 1. The monoisotopic (exact) mass is 316 g/mol. The van der Waals surface area contributed by atoms with Crippen molar-refractivity contribution in [3.8, 4) is 0 Å². The number of halogens is 1. The van der Waals surface area contributed by atoms with Crippen LogP contribution in [0.5, 0.6) is 0 Å². The minimum Gasteiger partial charge on any atom is -0.340 e. The molecule has 0 N–H and O–H groups in total. The molecule has 1 amide bonds. The summed E-state index contributed by atoms with van der Waals surface area (Å²) in [4.78, 5) is 15.4. The van der Waals surface area contributed by atoms with E-state index in [1.807, 2.05) is 11.0 Å². The molecule has 1 aromatic carbocycles. The summed E-state index contributed by atoms with van der Waals surface area (Å²) >= 11 is 0. The van der Waals surface area contributed by atoms with Crippen molar-refractivity contribution in [3.63, 3.8) is 0 Å². The number of benzene rings is 1. The number of carbonyl (C=O) groups excluding carboxylic acids is 1. The lowest BCUT2D eigenvalue weighted by atomic mass is 10.2. The summed E-state index contributed by atoms with van der Waals surface area (Å²) < 4.78 is 22.6. The van der Waals surface area contributed by atoms with Crippen LogP contribution in [0.15, 0.2) is 29.2 Å². The molecule has 2 rings (SSSR count). The molecule has 110 valence electrons. The highest BCUT2D eigenvalue weighted by atomic mass is 35.7. The first-order chi connectivity index (χ1) is 9.36. The summed E-state index contributed by atoms with van der Waals surface area (Å²) in [6.07, 6.45) is 0. The van der Waals surface area contributed by atoms with E-state index in [-0.39, 0.29) is 10.8 Å². The van der Waals surface area contributed by atoms with Crippen LogP contribution in [-0.2, 0) is 20.4 Å². The van der Waals surface area contributed by atoms with Gasteiger partial charge in [-0.05, 0) is 17.7 Å². The van der Waals surface area contributed by atoms with E-state index in [2.05, 4.69) is 4.90 Å². The molecule has 0 atom stereocenters. The Morgan fingerprint density at radius 1 is 1.25 bits per heavy atom. The van der Waals surface area contributed by atoms with Crippen molar-refractivity contribution in [3.05, 3.63) is 29.8 Å². The number of rotatable bonds is 3. The number of hydrogen-bond donors (Lipinski definition) is 0. The zero-order chi connectivity index (χ0) is 14.8. The summed E-state index contributed by atoms with van der Waals surface area (Å²) in [5.41, 5.74) is 0.906. The van der Waals surface area contributed by atoms with Gasteiger partial charge in [-0.1, -0.05) is 12.1 Å². The van der Waals surface area contributed by atoms with Crippen LogP contribution in [0, 0.1) is 0 Å². The van der Waals surface area contributed by atoms with Gasteiger partial charge in [-0.3, -0.25) is 9.69 Å². The molecular formula is C13H17ClN2O3S. The third-order valence-corrected chi connectivity index (χ3v) is 4.76. The molecule has 1 aromatic rings. The van der Waals surface area contributed by atoms with Crippen molar-refractivity contribution in [1.82, 2.24) is 9.80 Å². The topological polar surface area (TPSA) is 57.7 Å². The lowest BCUT2D eigenvalue weighted by molar-refractivity contribution is -0.130. The maximum Gasteiger partial charge on any atom is 0.261 e. The lowest BCUT2D eigenvalue weighted by Gasteiger charge is -2.34. The molecule has 5 nitrogen and oxygen atoms in total. The van der Waals surface area contributed by atoms with Crippen LogP contribution in [0.2, 0.25) is 0 Å². The normalized spacial score (nSPS) is 17.2. The molecule has 0 radical (unpaired) electrons. The number of hydrogen-bond acceptors (Lipinski definition) is 4. The van der Waals surface area contributed by atoms with E-state index in [0.29, 0.717) is 19.6 Å². The smallest absolute Gasteiger partial charge is 0.261 e. The van der Waals surface area contributed by atoms with Crippen molar-refractivity contribution in [2.24, 2.45) is 0 Å². The second kappa shape index (κ2) is 6.11. The largest absolute Gasteiger partial charge is 0.340 e. The molecule has 20 heavy (non-hydrogen) atoms. The van der Waals surface area contributed by atoms with Crippen LogP contribution >= 0.6 is 10.7 Å². The Hall–Kier alpha value is -1.11. The minimum atomic E-state index is -3.69. The molecule has 0 saturated carbocycles. The Morgan fingerprint density at radius 2 is 1.90 bits per heavy atom. The lowest BCUT2D eigenvalue weighted by Crippen LogP contribution is -2.47. The Kier molecular flexibility index (Phi) is 4.67. The van der Waals surface area contributed by atoms with E-state index in [1.54, 1.807) is 19.1 Å². The summed E-state index contributed by atoms with van der Waals surface area (Å²) in [6, 6.07) is 6.65. The van der Waals surface area contributed by atoms with E-state index >= 15 is 0 Å². The number of nitrogens with zero attached hydrogens (tertiary/aromatic N) is 2. The van der Waals surface area contributed by atoms with Crippen molar-refractivity contribution in [2.45, 2.75) is 18.4 Å². The van der Waals surface area contributed by atoms with Gasteiger partial charge in [0, 0.05) is 50.3 Å². The fourth-order valence-corrected chi connectivity index (χ4v) is 3.10. The van der Waals surface area contributed by atoms with E-state index in [9.17, 15) is 13.2 Å². The fraction of sp³-hybridized carbons (Fsp3) is 0.462. The third-order valence-electron chi connectivity index (χ3n) is 3.40. The second-order valence-electron chi connectivity index (χ2n) is 4.87. The average molecular weight is 317 g/mol. The first-order valence-corrected chi connectivity index (χ1v) is 8.68. The summed E-state index contributed by atoms with van der Waals surface area (Å²) in [7, 11) is 1.66. The standard InChI is InChI=1S/C13H17ClN2O3S/c1-11(17)16-7-5-15(6-8-16)10-12-3-2-4-13(9-12)20(14,18)19/h2-4,9H,5-8,10H2,1H3. The van der Waals surface area contributed by atoms with Crippen molar-refractivity contribution in [1.29, 1.82) is 0 Å². The van der Waals surface area contributed by atoms with Gasteiger partial charge in [0.2, 0.25) is 5.91 Å². The van der Waals surface area contributed by atoms with Gasteiger partial charge in [-0.25, -0.2) is 8.42 Å². The van der Waals surface area contributed by atoms with Gasteiger partial charge in [0.05, 0.1) is 4.90 Å². The van der Waals surface area contributed by atoms with Gasteiger partial charge in [-0.2, -0.15) is 0 Å². The molecule has 0 unspecified atom stereocenters. The molecule has 1 aliphatic rings. The Morgan fingerprint density at radius 3 is 2.45 bits per heavy atom. The zero-order valence-electron chi connectivity index (χ0n) is 11.3. The van der Waals surface area contributed by atoms with Crippen LogP contribution in [0.25, 0.3) is 0 Å². The average Bonchev–Trinajstić information content (AvgIpc) is 2.38. The highest BCUT2D eigenvalue weighted by Crippen LogP contribution is 2.17. The molecule has 0 spiro atoms. The maximum absolute atomic E-state index is 11.3. The molecule has 0 aromatic heterocycles. The fourth-order valence-electron chi connectivity index (χ4n) is 2.27. The Balaban J connectivity index is 2.00. The molecule has 1 heterocycles. The summed E-state index contributed by atoms with van der Waals surface area (Å²) in [5, 5.41) is 0. The third kappa shape index (κ3) is 3.94. The minimum absolute atomic E-state index is 0.0971. The van der Waals surface area contributed by atoms with E-state index in [1.165, 1.54) is 6.07 Å². The molecule has 0 aliphatic carbocycles. The zero-order valence-corrected chi connectivity index (χ0v) is 12.8. The first-order valence-electron chi connectivity index (χ1n) is 6.38. The van der Waals surface area contributed by atoms with Gasteiger partial charge in [0.25, 0.3) is 9.05 Å². The predicted molar refractivity (Wildman–Crippen MR) is 77.0 cm³/mol. The molecular weight excluding hydrogens is 300 g/mol. The summed E-state index contributed by atoms with van der Waals surface area (Å²) in [6.45, 7) is 5.23. The summed E-state index contributed by atoms with van der Waals surface area (Å²) in [5.74, 6) is 0.0971. The molecule has 0 bridgehead atoms. The van der Waals surface area contributed by atoms with E-state index < -0.39 is 9.05 Å². The number of piperazine rings is 1. The quantitative estimate of drug-likeness (QED) is 0.788. The molecule has 1 fully saturated rings. The van der Waals surface area contributed by atoms with Crippen molar-refractivity contribution >= 4 is 25.6 Å². The van der Waals surface area contributed by atoms with Gasteiger partial charge in [0.1, 0.15) is 0 Å². The Labute approximate surface area is 123 Å². The van der Waals surface area contributed by atoms with Crippen LogP contribution in [0.1, 0.15) is 12.5 Å². The molecule has 1 aliphatic heterocycles. The van der Waals surface area contributed by atoms with E-state index in [4.69, 9.17) is 10.7 Å². The van der Waals surface area contributed by atoms with Crippen LogP contribution in [0.3, 0.4) is 0 Å². The SMILES string of the molecule is CC(=O)N1CCN(Cc2cccc(S(=O)(=O)Cl)c2)CC1. The molecule has 1 saturated heterocycles. The highest BCUT2D eigenvalue weighted by Gasteiger charge is 2.19. The van der Waals surface area contributed by atoms with Gasteiger partial charge in [0.15, 0.2) is 0 Å². The highest BCUT2D eigenvalue weighted by molar-refractivity contribution is 8.13. The predicted octanol–water partition coefficient (Wildman–Crippen LogP) is 1.28. The van der Waals surface area contributed by atoms with Gasteiger partial charge >= 0.3 is 0 Å². The maximum atomic E-state index is 11.3. The first kappa shape index (κ1) is 15.3. The van der Waals surface area contributed by atoms with Crippen molar-refractivity contribution in [2.75, 3.05) is 26.2 Å². The van der Waals surface area contributed by atoms with Crippen LogP contribution in [0.4, 0.5) is 0 Å². The van der Waals surface area contributed by atoms with Crippen molar-refractivity contribution < 1.29 is 13.2 Å². The number of carbonyl (C=O) groups is 1. The van der Waals surface area contributed by atoms with Crippen LogP contribution < -0.4 is 0 Å². The Bertz CT molecular complexity index is 595.